The number of Topliss-reactive ketones (excluding diaryl/α,β-unsaturated/α-hetero) is 1. The monoisotopic (exact) mass is 379 g/mol. The molecule has 1 aromatic heterocycles. The van der Waals surface area contributed by atoms with Crippen LogP contribution in [-0.2, 0) is 16.1 Å². The Hall–Kier alpha value is -3.35. The van der Waals surface area contributed by atoms with Crippen molar-refractivity contribution < 1.29 is 14.3 Å². The van der Waals surface area contributed by atoms with Gasteiger partial charge in [0.1, 0.15) is 5.52 Å². The van der Waals surface area contributed by atoms with Gasteiger partial charge in [0.15, 0.2) is 6.10 Å². The zero-order valence-corrected chi connectivity index (χ0v) is 16.0. The van der Waals surface area contributed by atoms with E-state index in [2.05, 4.69) is 10.3 Å². The van der Waals surface area contributed by atoms with E-state index in [4.69, 9.17) is 4.74 Å². The number of hydrogen-bond donors (Lipinski definition) is 0. The van der Waals surface area contributed by atoms with Crippen molar-refractivity contribution in [2.75, 3.05) is 0 Å². The summed E-state index contributed by atoms with van der Waals surface area (Å²) in [5.41, 5.74) is 2.76. The second-order valence-corrected chi connectivity index (χ2v) is 6.68. The van der Waals surface area contributed by atoms with Crippen LogP contribution >= 0.6 is 0 Å². The van der Waals surface area contributed by atoms with Gasteiger partial charge in [-0.1, -0.05) is 29.5 Å². The Labute approximate surface area is 161 Å². The average molecular weight is 379 g/mol. The molecule has 0 bridgehead atoms. The average Bonchev–Trinajstić information content (AvgIpc) is 2.69. The summed E-state index contributed by atoms with van der Waals surface area (Å²) >= 11 is 0. The van der Waals surface area contributed by atoms with Gasteiger partial charge in [0.2, 0.25) is 5.78 Å². The Bertz CT molecular complexity index is 1100. The Balaban J connectivity index is 1.62. The van der Waals surface area contributed by atoms with Crippen LogP contribution in [0.1, 0.15) is 34.8 Å². The lowest BCUT2D eigenvalue weighted by atomic mass is 10.0. The number of ether oxygens (including phenoxy) is 1. The Morgan fingerprint density at radius 3 is 2.61 bits per heavy atom. The summed E-state index contributed by atoms with van der Waals surface area (Å²) in [5.74, 6) is -0.842. The molecule has 3 rings (SSSR count). The number of aromatic nitrogens is 3. The molecule has 1 atom stereocenters. The Morgan fingerprint density at radius 2 is 1.86 bits per heavy atom. The van der Waals surface area contributed by atoms with Gasteiger partial charge in [-0.3, -0.25) is 14.4 Å². The van der Waals surface area contributed by atoms with Gasteiger partial charge >= 0.3 is 5.97 Å². The lowest BCUT2D eigenvalue weighted by Crippen LogP contribution is -2.28. The van der Waals surface area contributed by atoms with Gasteiger partial charge in [0.25, 0.3) is 5.56 Å². The summed E-state index contributed by atoms with van der Waals surface area (Å²) in [7, 11) is 0. The topological polar surface area (TPSA) is 91.2 Å². The first-order chi connectivity index (χ1) is 13.4. The van der Waals surface area contributed by atoms with Gasteiger partial charge in [-0.05, 0) is 50.1 Å². The van der Waals surface area contributed by atoms with Crippen LogP contribution in [0, 0.1) is 13.8 Å². The standard InChI is InChI=1S/C21H21N3O4/c1-13-8-9-16(12-14(13)2)20(26)15(3)28-19(25)10-11-24-21(27)17-6-4-5-7-18(17)22-23-24/h4-9,12,15H,10-11H2,1-3H3. The van der Waals surface area contributed by atoms with E-state index < -0.39 is 12.1 Å². The van der Waals surface area contributed by atoms with E-state index in [0.29, 0.717) is 16.5 Å². The summed E-state index contributed by atoms with van der Waals surface area (Å²) < 4.78 is 6.36. The Morgan fingerprint density at radius 1 is 1.11 bits per heavy atom. The minimum absolute atomic E-state index is 0.0278. The highest BCUT2D eigenvalue weighted by Gasteiger charge is 2.20. The van der Waals surface area contributed by atoms with E-state index in [0.717, 1.165) is 15.8 Å². The van der Waals surface area contributed by atoms with Crippen molar-refractivity contribution in [3.05, 3.63) is 69.5 Å². The van der Waals surface area contributed by atoms with Crippen LogP contribution in [-0.4, -0.2) is 32.9 Å². The van der Waals surface area contributed by atoms with Gasteiger partial charge < -0.3 is 4.74 Å². The molecular formula is C21H21N3O4. The van der Waals surface area contributed by atoms with Crippen molar-refractivity contribution in [2.24, 2.45) is 0 Å². The summed E-state index contributed by atoms with van der Waals surface area (Å²) in [6.45, 7) is 5.45. The zero-order valence-electron chi connectivity index (χ0n) is 16.0. The fourth-order valence-corrected chi connectivity index (χ4v) is 2.81. The lowest BCUT2D eigenvalue weighted by Gasteiger charge is -2.13. The SMILES string of the molecule is Cc1ccc(C(=O)C(C)OC(=O)CCn2nnc3ccccc3c2=O)cc1C. The second kappa shape index (κ2) is 8.12. The van der Waals surface area contributed by atoms with Crippen molar-refractivity contribution in [3.8, 4) is 0 Å². The van der Waals surface area contributed by atoms with Gasteiger partial charge in [-0.25, -0.2) is 4.68 Å². The van der Waals surface area contributed by atoms with Crippen LogP contribution in [0.2, 0.25) is 0 Å². The number of benzene rings is 2. The van der Waals surface area contributed by atoms with Crippen molar-refractivity contribution in [3.63, 3.8) is 0 Å². The Kier molecular flexibility index (Phi) is 5.63. The third-order valence-electron chi connectivity index (χ3n) is 4.63. The minimum atomic E-state index is -0.908. The highest BCUT2D eigenvalue weighted by molar-refractivity contribution is 6.00. The normalized spacial score (nSPS) is 12.0. The summed E-state index contributed by atoms with van der Waals surface area (Å²) in [4.78, 5) is 37.0. The molecule has 0 spiro atoms. The van der Waals surface area contributed by atoms with Crippen molar-refractivity contribution in [1.82, 2.24) is 15.0 Å². The molecule has 7 nitrogen and oxygen atoms in total. The van der Waals surface area contributed by atoms with Crippen molar-refractivity contribution in [1.29, 1.82) is 0 Å². The predicted molar refractivity (Wildman–Crippen MR) is 104 cm³/mol. The molecule has 28 heavy (non-hydrogen) atoms. The molecular weight excluding hydrogens is 358 g/mol. The highest BCUT2D eigenvalue weighted by atomic mass is 16.5. The largest absolute Gasteiger partial charge is 0.454 e. The van der Waals surface area contributed by atoms with Gasteiger partial charge in [0, 0.05) is 5.56 Å². The molecule has 0 fully saturated rings. The molecule has 0 amide bonds. The second-order valence-electron chi connectivity index (χ2n) is 6.68. The molecule has 7 heteroatoms. The fourth-order valence-electron chi connectivity index (χ4n) is 2.81. The summed E-state index contributed by atoms with van der Waals surface area (Å²) in [6, 6.07) is 12.2. The predicted octanol–water partition coefficient (Wildman–Crippen LogP) is 2.61. The molecule has 0 radical (unpaired) electrons. The molecule has 0 aliphatic heterocycles. The first-order valence-electron chi connectivity index (χ1n) is 9.00. The van der Waals surface area contributed by atoms with Crippen LogP contribution in [0.4, 0.5) is 0 Å². The molecule has 144 valence electrons. The first-order valence-corrected chi connectivity index (χ1v) is 9.00. The van der Waals surface area contributed by atoms with E-state index >= 15 is 0 Å². The quantitative estimate of drug-likeness (QED) is 0.483. The van der Waals surface area contributed by atoms with Crippen LogP contribution < -0.4 is 5.56 Å². The third-order valence-corrected chi connectivity index (χ3v) is 4.63. The maximum absolute atomic E-state index is 12.5. The van der Waals surface area contributed by atoms with Crippen molar-refractivity contribution >= 4 is 22.7 Å². The smallest absolute Gasteiger partial charge is 0.308 e. The number of carbonyl (C=O) groups excluding carboxylic acids is 2. The molecule has 0 N–H and O–H groups in total. The summed E-state index contributed by atoms with van der Waals surface area (Å²) in [5, 5.41) is 8.24. The number of rotatable bonds is 6. The van der Waals surface area contributed by atoms with Crippen LogP contribution in [0.25, 0.3) is 10.9 Å². The van der Waals surface area contributed by atoms with Gasteiger partial charge in [-0.15, -0.1) is 5.10 Å². The molecule has 0 aliphatic rings. The third kappa shape index (κ3) is 4.14. The van der Waals surface area contributed by atoms with E-state index in [1.165, 1.54) is 6.92 Å². The van der Waals surface area contributed by atoms with Crippen LogP contribution in [0.5, 0.6) is 0 Å². The van der Waals surface area contributed by atoms with E-state index in [1.54, 1.807) is 36.4 Å². The number of fused-ring (bicyclic) bond motifs is 1. The molecule has 1 heterocycles. The summed E-state index contributed by atoms with van der Waals surface area (Å²) in [6.07, 6.45) is -0.994. The molecule has 0 saturated heterocycles. The van der Waals surface area contributed by atoms with E-state index in [1.807, 2.05) is 19.9 Å². The van der Waals surface area contributed by atoms with Gasteiger partial charge in [-0.2, -0.15) is 0 Å². The number of nitrogens with zero attached hydrogens (tertiary/aromatic N) is 3. The number of esters is 1. The number of ketones is 1. The zero-order chi connectivity index (χ0) is 20.3. The highest BCUT2D eigenvalue weighted by Crippen LogP contribution is 2.13. The first kappa shape index (κ1) is 19.4. The van der Waals surface area contributed by atoms with Crippen LogP contribution in [0.15, 0.2) is 47.3 Å². The number of hydrogen-bond acceptors (Lipinski definition) is 6. The van der Waals surface area contributed by atoms with Crippen molar-refractivity contribution in [2.45, 2.75) is 39.8 Å². The molecule has 0 aliphatic carbocycles. The fraction of sp³-hybridized carbons (Fsp3) is 0.286. The minimum Gasteiger partial charge on any atom is -0.454 e. The maximum atomic E-state index is 12.5. The lowest BCUT2D eigenvalue weighted by molar-refractivity contribution is -0.146. The number of carbonyl (C=O) groups is 2. The van der Waals surface area contributed by atoms with E-state index in [9.17, 15) is 14.4 Å². The van der Waals surface area contributed by atoms with Crippen LogP contribution in [0.3, 0.4) is 0 Å². The molecule has 3 aromatic rings. The van der Waals surface area contributed by atoms with E-state index in [-0.39, 0.29) is 24.3 Å². The maximum Gasteiger partial charge on any atom is 0.308 e. The molecule has 2 aromatic carbocycles. The van der Waals surface area contributed by atoms with Gasteiger partial charge in [0.05, 0.1) is 18.4 Å². The molecule has 1 unspecified atom stereocenters. The number of aryl methyl sites for hydroxylation is 3. The molecule has 0 saturated carbocycles.